The summed E-state index contributed by atoms with van der Waals surface area (Å²) in [5.41, 5.74) is 2.55. The van der Waals surface area contributed by atoms with Gasteiger partial charge in [0.25, 0.3) is 5.91 Å². The molecule has 2 heterocycles. The monoisotopic (exact) mass is 492 g/mol. The molecule has 3 aromatic carbocycles. The van der Waals surface area contributed by atoms with E-state index in [-0.39, 0.29) is 18.4 Å². The highest BCUT2D eigenvalue weighted by Crippen LogP contribution is 2.47. The lowest BCUT2D eigenvalue weighted by atomic mass is 9.90. The minimum atomic E-state index is -0.864. The third kappa shape index (κ3) is 3.47. The van der Waals surface area contributed by atoms with Crippen molar-refractivity contribution in [3.05, 3.63) is 94.5 Å². The lowest BCUT2D eigenvalue weighted by Gasteiger charge is -2.29. The van der Waals surface area contributed by atoms with Gasteiger partial charge in [0, 0.05) is 0 Å². The number of hydrogen-bond acceptors (Lipinski definition) is 5. The number of amides is 2. The van der Waals surface area contributed by atoms with E-state index in [1.54, 1.807) is 12.2 Å². The van der Waals surface area contributed by atoms with Gasteiger partial charge >= 0.3 is 0 Å². The van der Waals surface area contributed by atoms with Crippen LogP contribution in [0.25, 0.3) is 0 Å². The van der Waals surface area contributed by atoms with Crippen molar-refractivity contribution in [1.29, 1.82) is 0 Å². The number of ether oxygens (including phenoxy) is 1. The molecule has 32 heavy (non-hydrogen) atoms. The summed E-state index contributed by atoms with van der Waals surface area (Å²) < 4.78 is 6.13. The standard InChI is InChI=1S/C25H21BrN2O4/c1-31-20-13-12-17(14-19(20)26)22-21-23(32-28(22)18-10-6-3-7-11-18)25(30)27(24(21)29)15-16-8-4-2-5-9-16/h2-14,21-23H,15H2,1H3/t21-,22-,23-/m1/s1. The third-order valence-corrected chi connectivity index (χ3v) is 6.54. The van der Waals surface area contributed by atoms with Crippen molar-refractivity contribution >= 4 is 33.4 Å². The highest BCUT2D eigenvalue weighted by Gasteiger charge is 2.59. The van der Waals surface area contributed by atoms with Crippen LogP contribution in [-0.2, 0) is 21.0 Å². The Balaban J connectivity index is 1.54. The van der Waals surface area contributed by atoms with Gasteiger partial charge in [-0.15, -0.1) is 0 Å². The smallest absolute Gasteiger partial charge is 0.262 e. The Hall–Kier alpha value is -3.16. The van der Waals surface area contributed by atoms with E-state index in [0.717, 1.165) is 21.3 Å². The fourth-order valence-corrected chi connectivity index (χ4v) is 4.96. The molecular formula is C25H21BrN2O4. The zero-order valence-corrected chi connectivity index (χ0v) is 18.9. The maximum atomic E-state index is 13.5. The number of carbonyl (C=O) groups excluding carboxylic acids is 2. The number of nitrogens with zero attached hydrogens (tertiary/aromatic N) is 2. The van der Waals surface area contributed by atoms with E-state index in [0.29, 0.717) is 5.75 Å². The summed E-state index contributed by atoms with van der Waals surface area (Å²) in [5.74, 6) is -0.485. The van der Waals surface area contributed by atoms with Gasteiger partial charge in [0.2, 0.25) is 5.91 Å². The Bertz CT molecular complexity index is 1160. The number of imide groups is 1. The number of methoxy groups -OCH3 is 1. The molecule has 2 amide bonds. The third-order valence-electron chi connectivity index (χ3n) is 5.92. The van der Waals surface area contributed by atoms with Crippen LogP contribution < -0.4 is 9.80 Å². The molecular weight excluding hydrogens is 472 g/mol. The van der Waals surface area contributed by atoms with Gasteiger partial charge in [-0.2, -0.15) is 0 Å². The predicted molar refractivity (Wildman–Crippen MR) is 123 cm³/mol. The lowest BCUT2D eigenvalue weighted by molar-refractivity contribution is -0.143. The molecule has 0 aliphatic carbocycles. The van der Waals surface area contributed by atoms with Crippen molar-refractivity contribution < 1.29 is 19.2 Å². The van der Waals surface area contributed by atoms with Crippen LogP contribution in [0.1, 0.15) is 17.2 Å². The quantitative estimate of drug-likeness (QED) is 0.490. The fraction of sp³-hybridized carbons (Fsp3) is 0.200. The van der Waals surface area contributed by atoms with Crippen LogP contribution in [0.2, 0.25) is 0 Å². The average molecular weight is 493 g/mol. The molecule has 0 spiro atoms. The van der Waals surface area contributed by atoms with E-state index in [4.69, 9.17) is 9.57 Å². The van der Waals surface area contributed by atoms with Gasteiger partial charge in [0.15, 0.2) is 6.10 Å². The highest BCUT2D eigenvalue weighted by atomic mass is 79.9. The van der Waals surface area contributed by atoms with E-state index < -0.39 is 18.1 Å². The summed E-state index contributed by atoms with van der Waals surface area (Å²) in [5, 5.41) is 1.69. The van der Waals surface area contributed by atoms with Gasteiger partial charge in [0.1, 0.15) is 11.7 Å². The lowest BCUT2D eigenvalue weighted by Crippen LogP contribution is -2.36. The van der Waals surface area contributed by atoms with E-state index in [2.05, 4.69) is 15.9 Å². The van der Waals surface area contributed by atoms with Crippen LogP contribution in [0.3, 0.4) is 0 Å². The van der Waals surface area contributed by atoms with Crippen LogP contribution in [0.15, 0.2) is 83.3 Å². The second-order valence-corrected chi connectivity index (χ2v) is 8.65. The molecule has 0 aromatic heterocycles. The summed E-state index contributed by atoms with van der Waals surface area (Å²) in [6.45, 7) is 0.235. The summed E-state index contributed by atoms with van der Waals surface area (Å²) in [6, 6.07) is 24.3. The molecule has 7 heteroatoms. The molecule has 162 valence electrons. The first kappa shape index (κ1) is 20.7. The van der Waals surface area contributed by atoms with Gasteiger partial charge in [0.05, 0.1) is 29.9 Å². The van der Waals surface area contributed by atoms with Gasteiger partial charge in [-0.05, 0) is 51.3 Å². The number of halogens is 1. The second-order valence-electron chi connectivity index (χ2n) is 7.80. The molecule has 2 fully saturated rings. The first-order chi connectivity index (χ1) is 15.6. The first-order valence-electron chi connectivity index (χ1n) is 10.3. The number of para-hydroxylation sites is 1. The summed E-state index contributed by atoms with van der Waals surface area (Å²) >= 11 is 3.54. The molecule has 0 N–H and O–H groups in total. The van der Waals surface area contributed by atoms with Gasteiger partial charge < -0.3 is 4.74 Å². The SMILES string of the molecule is COc1ccc([C@@H]2[C@H]3C(=O)N(Cc4ccccc4)C(=O)[C@@H]3ON2c2ccccc2)cc1Br. The Morgan fingerprint density at radius 1 is 0.938 bits per heavy atom. The number of hydroxylamine groups is 1. The second kappa shape index (κ2) is 8.41. The topological polar surface area (TPSA) is 59.1 Å². The molecule has 3 aromatic rings. The number of anilines is 1. The minimum Gasteiger partial charge on any atom is -0.496 e. The molecule has 0 radical (unpaired) electrons. The molecule has 6 nitrogen and oxygen atoms in total. The predicted octanol–water partition coefficient (Wildman–Crippen LogP) is 4.50. The van der Waals surface area contributed by atoms with E-state index in [9.17, 15) is 9.59 Å². The zero-order chi connectivity index (χ0) is 22.2. The van der Waals surface area contributed by atoms with Crippen LogP contribution in [0.4, 0.5) is 5.69 Å². The molecule has 0 saturated carbocycles. The Kier molecular flexibility index (Phi) is 5.45. The largest absolute Gasteiger partial charge is 0.496 e. The van der Waals surface area contributed by atoms with Crippen molar-refractivity contribution in [3.8, 4) is 5.75 Å². The van der Waals surface area contributed by atoms with Crippen LogP contribution >= 0.6 is 15.9 Å². The average Bonchev–Trinajstić information content (AvgIpc) is 3.32. The highest BCUT2D eigenvalue weighted by molar-refractivity contribution is 9.10. The molecule has 5 rings (SSSR count). The molecule has 0 bridgehead atoms. The van der Waals surface area contributed by atoms with Crippen molar-refractivity contribution in [1.82, 2.24) is 4.90 Å². The Labute approximate surface area is 194 Å². The number of benzene rings is 3. The van der Waals surface area contributed by atoms with Gasteiger partial charge in [-0.25, -0.2) is 5.06 Å². The van der Waals surface area contributed by atoms with E-state index in [1.165, 1.54) is 4.90 Å². The van der Waals surface area contributed by atoms with Gasteiger partial charge in [-0.1, -0.05) is 54.6 Å². The summed E-state index contributed by atoms with van der Waals surface area (Å²) in [7, 11) is 1.60. The van der Waals surface area contributed by atoms with Gasteiger partial charge in [-0.3, -0.25) is 19.3 Å². The van der Waals surface area contributed by atoms with Crippen molar-refractivity contribution in [3.63, 3.8) is 0 Å². The molecule has 2 aliphatic heterocycles. The van der Waals surface area contributed by atoms with Crippen molar-refractivity contribution in [2.75, 3.05) is 12.2 Å². The number of rotatable bonds is 5. The van der Waals surface area contributed by atoms with Crippen molar-refractivity contribution in [2.45, 2.75) is 18.7 Å². The van der Waals surface area contributed by atoms with Crippen LogP contribution in [-0.4, -0.2) is 29.9 Å². The normalized spacial score (nSPS) is 22.4. The molecule has 0 unspecified atom stereocenters. The number of likely N-dealkylation sites (tertiary alicyclic amines) is 1. The first-order valence-corrected chi connectivity index (χ1v) is 11.1. The van der Waals surface area contributed by atoms with Crippen LogP contribution in [0, 0.1) is 5.92 Å². The molecule has 2 saturated heterocycles. The van der Waals surface area contributed by atoms with E-state index in [1.807, 2.05) is 78.9 Å². The maximum absolute atomic E-state index is 13.5. The zero-order valence-electron chi connectivity index (χ0n) is 17.4. The van der Waals surface area contributed by atoms with Crippen LogP contribution in [0.5, 0.6) is 5.75 Å². The fourth-order valence-electron chi connectivity index (χ4n) is 4.40. The summed E-state index contributed by atoms with van der Waals surface area (Å²) in [6.07, 6.45) is -0.864. The Morgan fingerprint density at radius 2 is 1.62 bits per heavy atom. The minimum absolute atomic E-state index is 0.223. The number of fused-ring (bicyclic) bond motifs is 1. The number of carbonyl (C=O) groups is 2. The summed E-state index contributed by atoms with van der Waals surface area (Å²) in [4.78, 5) is 34.3. The van der Waals surface area contributed by atoms with E-state index >= 15 is 0 Å². The number of hydrogen-bond donors (Lipinski definition) is 0. The maximum Gasteiger partial charge on any atom is 0.262 e. The molecule has 2 aliphatic rings. The molecule has 3 atom stereocenters. The van der Waals surface area contributed by atoms with Crippen molar-refractivity contribution in [2.24, 2.45) is 5.92 Å². The Morgan fingerprint density at radius 3 is 2.28 bits per heavy atom.